The second kappa shape index (κ2) is 3.81. The van der Waals surface area contributed by atoms with Crippen molar-refractivity contribution in [3.63, 3.8) is 0 Å². The zero-order chi connectivity index (χ0) is 8.39. The maximum absolute atomic E-state index is 2.48. The first-order valence-electron chi connectivity index (χ1n) is 5.88. The van der Waals surface area contributed by atoms with Gasteiger partial charge in [-0.1, -0.05) is 51.9 Å². The molecule has 0 aromatic heterocycles. The summed E-state index contributed by atoms with van der Waals surface area (Å²) in [5, 5.41) is 0. The first-order valence-corrected chi connectivity index (χ1v) is 5.88. The van der Waals surface area contributed by atoms with Gasteiger partial charge in [0.05, 0.1) is 0 Å². The van der Waals surface area contributed by atoms with Gasteiger partial charge in [0, 0.05) is 0 Å². The number of hydrogen-bond donors (Lipinski definition) is 0. The minimum Gasteiger partial charge on any atom is -0.0622 e. The molecular weight excluding hydrogens is 144 g/mol. The zero-order valence-corrected chi connectivity index (χ0v) is 8.39. The van der Waals surface area contributed by atoms with Crippen molar-refractivity contribution < 1.29 is 0 Å². The van der Waals surface area contributed by atoms with Gasteiger partial charge in [0.15, 0.2) is 0 Å². The normalized spacial score (nSPS) is 38.8. The Labute approximate surface area is 76.7 Å². The topological polar surface area (TPSA) is 0 Å². The van der Waals surface area contributed by atoms with E-state index in [1.165, 1.54) is 32.1 Å². The molecule has 0 heterocycles. The van der Waals surface area contributed by atoms with E-state index in [9.17, 15) is 0 Å². The SMILES string of the molecule is C[C@@H]1CCC[C@@H]1C1CCCCC1. The van der Waals surface area contributed by atoms with Crippen molar-refractivity contribution in [1.29, 1.82) is 0 Å². The van der Waals surface area contributed by atoms with Crippen LogP contribution in [0.25, 0.3) is 0 Å². The molecular formula is C12H22. The lowest BCUT2D eigenvalue weighted by Crippen LogP contribution is -2.19. The Morgan fingerprint density at radius 2 is 1.50 bits per heavy atom. The molecule has 0 heteroatoms. The van der Waals surface area contributed by atoms with Crippen LogP contribution in [0.3, 0.4) is 0 Å². The molecule has 0 aliphatic heterocycles. The van der Waals surface area contributed by atoms with E-state index in [-0.39, 0.29) is 0 Å². The molecule has 0 saturated heterocycles. The molecule has 2 saturated carbocycles. The summed E-state index contributed by atoms with van der Waals surface area (Å²) in [5.74, 6) is 3.29. The maximum atomic E-state index is 2.48. The second-order valence-corrected chi connectivity index (χ2v) is 4.97. The van der Waals surface area contributed by atoms with Crippen LogP contribution in [0.5, 0.6) is 0 Å². The molecule has 0 radical (unpaired) electrons. The summed E-state index contributed by atoms with van der Waals surface area (Å²) < 4.78 is 0. The molecule has 70 valence electrons. The zero-order valence-electron chi connectivity index (χ0n) is 8.39. The monoisotopic (exact) mass is 166 g/mol. The van der Waals surface area contributed by atoms with Crippen molar-refractivity contribution in [3.8, 4) is 0 Å². The van der Waals surface area contributed by atoms with Gasteiger partial charge in [0.25, 0.3) is 0 Å². The smallest absolute Gasteiger partial charge is 0.0360 e. The van der Waals surface area contributed by atoms with Crippen LogP contribution in [0.1, 0.15) is 58.3 Å². The fourth-order valence-electron chi connectivity index (χ4n) is 3.44. The summed E-state index contributed by atoms with van der Waals surface area (Å²) in [6.45, 7) is 2.48. The molecule has 2 fully saturated rings. The molecule has 2 aliphatic carbocycles. The van der Waals surface area contributed by atoms with E-state index in [4.69, 9.17) is 0 Å². The number of hydrogen-bond acceptors (Lipinski definition) is 0. The quantitative estimate of drug-likeness (QED) is 0.552. The first-order chi connectivity index (χ1) is 5.88. The van der Waals surface area contributed by atoms with Crippen LogP contribution in [0, 0.1) is 17.8 Å². The third-order valence-corrected chi connectivity index (χ3v) is 4.18. The van der Waals surface area contributed by atoms with E-state index in [2.05, 4.69) is 6.92 Å². The van der Waals surface area contributed by atoms with E-state index >= 15 is 0 Å². The van der Waals surface area contributed by atoms with E-state index in [1.807, 2.05) is 0 Å². The molecule has 2 rings (SSSR count). The summed E-state index contributed by atoms with van der Waals surface area (Å²) in [5.41, 5.74) is 0. The van der Waals surface area contributed by atoms with Crippen molar-refractivity contribution in [2.24, 2.45) is 17.8 Å². The predicted octanol–water partition coefficient (Wildman–Crippen LogP) is 4.00. The minimum absolute atomic E-state index is 1.05. The molecule has 0 bridgehead atoms. The molecule has 0 aromatic carbocycles. The highest BCUT2D eigenvalue weighted by molar-refractivity contribution is 4.82. The largest absolute Gasteiger partial charge is 0.0622 e. The average Bonchev–Trinajstić information content (AvgIpc) is 2.53. The lowest BCUT2D eigenvalue weighted by Gasteiger charge is -2.30. The predicted molar refractivity (Wildman–Crippen MR) is 53.1 cm³/mol. The Hall–Kier alpha value is 0. The molecule has 2 atom stereocenters. The van der Waals surface area contributed by atoms with Gasteiger partial charge in [-0.25, -0.2) is 0 Å². The standard InChI is InChI=1S/C12H22/c1-10-6-5-9-12(10)11-7-3-2-4-8-11/h10-12H,2-9H2,1H3/t10-,12+/m1/s1. The Morgan fingerprint density at radius 3 is 2.08 bits per heavy atom. The van der Waals surface area contributed by atoms with Crippen LogP contribution >= 0.6 is 0 Å². The van der Waals surface area contributed by atoms with Gasteiger partial charge in [0.2, 0.25) is 0 Å². The van der Waals surface area contributed by atoms with Crippen LogP contribution in [0.15, 0.2) is 0 Å². The van der Waals surface area contributed by atoms with Gasteiger partial charge >= 0.3 is 0 Å². The van der Waals surface area contributed by atoms with E-state index in [1.54, 1.807) is 19.3 Å². The lowest BCUT2D eigenvalue weighted by molar-refractivity contribution is 0.211. The van der Waals surface area contributed by atoms with Gasteiger partial charge in [-0.15, -0.1) is 0 Å². The molecule has 0 N–H and O–H groups in total. The Balaban J connectivity index is 1.89. The van der Waals surface area contributed by atoms with Gasteiger partial charge in [-0.05, 0) is 24.2 Å². The Morgan fingerprint density at radius 1 is 0.750 bits per heavy atom. The van der Waals surface area contributed by atoms with Gasteiger partial charge in [-0.2, -0.15) is 0 Å². The highest BCUT2D eigenvalue weighted by Gasteiger charge is 2.31. The van der Waals surface area contributed by atoms with Gasteiger partial charge in [0.1, 0.15) is 0 Å². The summed E-state index contributed by atoms with van der Waals surface area (Å²) in [7, 11) is 0. The highest BCUT2D eigenvalue weighted by Crippen LogP contribution is 2.42. The fraction of sp³-hybridized carbons (Fsp3) is 1.00. The molecule has 0 unspecified atom stereocenters. The molecule has 12 heavy (non-hydrogen) atoms. The third kappa shape index (κ3) is 1.67. The summed E-state index contributed by atoms with van der Waals surface area (Å²) in [6, 6.07) is 0. The van der Waals surface area contributed by atoms with Crippen molar-refractivity contribution in [1.82, 2.24) is 0 Å². The van der Waals surface area contributed by atoms with Crippen LogP contribution in [-0.4, -0.2) is 0 Å². The highest BCUT2D eigenvalue weighted by atomic mass is 14.4. The van der Waals surface area contributed by atoms with Crippen molar-refractivity contribution in [3.05, 3.63) is 0 Å². The van der Waals surface area contributed by atoms with Crippen molar-refractivity contribution in [2.45, 2.75) is 58.3 Å². The number of rotatable bonds is 1. The van der Waals surface area contributed by atoms with Gasteiger partial charge in [-0.3, -0.25) is 0 Å². The Bertz CT molecular complexity index is 133. The summed E-state index contributed by atoms with van der Waals surface area (Å²) >= 11 is 0. The van der Waals surface area contributed by atoms with Gasteiger partial charge < -0.3 is 0 Å². The van der Waals surface area contributed by atoms with E-state index < -0.39 is 0 Å². The second-order valence-electron chi connectivity index (χ2n) is 4.97. The first kappa shape index (κ1) is 8.59. The summed E-state index contributed by atoms with van der Waals surface area (Å²) in [4.78, 5) is 0. The summed E-state index contributed by atoms with van der Waals surface area (Å²) in [6.07, 6.45) is 12.2. The molecule has 0 amide bonds. The maximum Gasteiger partial charge on any atom is -0.0360 e. The van der Waals surface area contributed by atoms with Crippen molar-refractivity contribution >= 4 is 0 Å². The third-order valence-electron chi connectivity index (χ3n) is 4.18. The lowest BCUT2D eigenvalue weighted by atomic mass is 9.76. The average molecular weight is 166 g/mol. The van der Waals surface area contributed by atoms with E-state index in [0.717, 1.165) is 17.8 Å². The van der Waals surface area contributed by atoms with Crippen LogP contribution in [0.4, 0.5) is 0 Å². The molecule has 0 nitrogen and oxygen atoms in total. The minimum atomic E-state index is 1.05. The molecule has 0 spiro atoms. The van der Waals surface area contributed by atoms with Crippen LogP contribution < -0.4 is 0 Å². The van der Waals surface area contributed by atoms with Crippen LogP contribution in [0.2, 0.25) is 0 Å². The van der Waals surface area contributed by atoms with Crippen LogP contribution in [-0.2, 0) is 0 Å². The van der Waals surface area contributed by atoms with Crippen molar-refractivity contribution in [2.75, 3.05) is 0 Å². The Kier molecular flexibility index (Phi) is 2.73. The fourth-order valence-corrected chi connectivity index (χ4v) is 3.44. The van der Waals surface area contributed by atoms with E-state index in [0.29, 0.717) is 0 Å². The molecule has 0 aromatic rings. The molecule has 2 aliphatic rings.